The van der Waals surface area contributed by atoms with Gasteiger partial charge < -0.3 is 5.32 Å². The number of nitrogens with one attached hydrogen (secondary N) is 2. The van der Waals surface area contributed by atoms with E-state index in [1.54, 1.807) is 0 Å². The summed E-state index contributed by atoms with van der Waals surface area (Å²) in [5.74, 6) is -0.944. The normalized spacial score (nSPS) is 16.2. The maximum absolute atomic E-state index is 11.7. The van der Waals surface area contributed by atoms with Crippen LogP contribution >= 0.6 is 0 Å². The number of nitrogens with zero attached hydrogens (tertiary/aromatic N) is 1. The molecule has 0 saturated heterocycles. The Kier molecular flexibility index (Phi) is 3.49. The Hall–Kier alpha value is -1.53. The summed E-state index contributed by atoms with van der Waals surface area (Å²) in [4.78, 5) is 21.7. The van der Waals surface area contributed by atoms with E-state index in [9.17, 15) is 18.4 Å². The lowest BCUT2D eigenvalue weighted by atomic mass is 10.1. The predicted molar refractivity (Wildman–Crippen MR) is 43.8 cm³/mol. The van der Waals surface area contributed by atoms with Gasteiger partial charge in [0.05, 0.1) is 6.54 Å². The first-order chi connectivity index (χ1) is 6.59. The number of carbonyl (C=O) groups excluding carboxylic acids is 2. The molecule has 2 N–H and O–H groups in total. The van der Waals surface area contributed by atoms with Gasteiger partial charge in [-0.3, -0.25) is 9.59 Å². The van der Waals surface area contributed by atoms with E-state index in [1.807, 2.05) is 5.32 Å². The standard InChI is InChI=1S/C7H9F2N3O2/c8-5(9)3-10-7(14)4-1-2-6(13)12-11-4/h5H,1-3H2,(H,10,14)(H,12,13). The zero-order valence-electron chi connectivity index (χ0n) is 7.22. The summed E-state index contributed by atoms with van der Waals surface area (Å²) in [6.45, 7) is -0.703. The van der Waals surface area contributed by atoms with Gasteiger partial charge in [-0.05, 0) is 0 Å². The van der Waals surface area contributed by atoms with Gasteiger partial charge in [0.15, 0.2) is 0 Å². The molecule has 1 heterocycles. The van der Waals surface area contributed by atoms with Crippen LogP contribution in [0, 0.1) is 0 Å². The van der Waals surface area contributed by atoms with Crippen molar-refractivity contribution in [1.29, 1.82) is 0 Å². The molecule has 0 atom stereocenters. The molecule has 0 aromatic rings. The summed E-state index contributed by atoms with van der Waals surface area (Å²) in [5.41, 5.74) is 2.18. The fourth-order valence-electron chi connectivity index (χ4n) is 0.910. The molecule has 0 saturated carbocycles. The highest BCUT2D eigenvalue weighted by molar-refractivity contribution is 6.39. The molecular weight excluding hydrogens is 196 g/mol. The van der Waals surface area contributed by atoms with E-state index in [-0.39, 0.29) is 24.5 Å². The Morgan fingerprint density at radius 3 is 2.79 bits per heavy atom. The number of carbonyl (C=O) groups is 2. The van der Waals surface area contributed by atoms with E-state index in [4.69, 9.17) is 0 Å². The van der Waals surface area contributed by atoms with Crippen molar-refractivity contribution in [3.8, 4) is 0 Å². The lowest BCUT2D eigenvalue weighted by Crippen LogP contribution is -2.38. The van der Waals surface area contributed by atoms with Crippen molar-refractivity contribution in [2.75, 3.05) is 6.54 Å². The number of halogens is 2. The van der Waals surface area contributed by atoms with Crippen LogP contribution in [0.5, 0.6) is 0 Å². The summed E-state index contributed by atoms with van der Waals surface area (Å²) < 4.78 is 23.4. The van der Waals surface area contributed by atoms with Gasteiger partial charge in [-0.15, -0.1) is 0 Å². The summed E-state index contributed by atoms with van der Waals surface area (Å²) in [6.07, 6.45) is -2.25. The third-order valence-corrected chi connectivity index (χ3v) is 1.58. The van der Waals surface area contributed by atoms with Crippen molar-refractivity contribution in [2.45, 2.75) is 19.3 Å². The van der Waals surface area contributed by atoms with Crippen LogP contribution in [0.25, 0.3) is 0 Å². The van der Waals surface area contributed by atoms with Crippen LogP contribution in [-0.4, -0.2) is 30.5 Å². The molecule has 1 aliphatic rings. The Morgan fingerprint density at radius 2 is 2.29 bits per heavy atom. The second kappa shape index (κ2) is 4.64. The molecule has 0 fully saturated rings. The highest BCUT2D eigenvalue weighted by Gasteiger charge is 2.18. The molecule has 14 heavy (non-hydrogen) atoms. The van der Waals surface area contributed by atoms with Crippen LogP contribution in [0.1, 0.15) is 12.8 Å². The first-order valence-electron chi connectivity index (χ1n) is 4.01. The lowest BCUT2D eigenvalue weighted by Gasteiger charge is -2.11. The van der Waals surface area contributed by atoms with Gasteiger partial charge in [0, 0.05) is 12.8 Å². The Bertz CT molecular complexity index is 278. The minimum absolute atomic E-state index is 0.0743. The molecule has 0 bridgehead atoms. The Morgan fingerprint density at radius 1 is 1.57 bits per heavy atom. The predicted octanol–water partition coefficient (Wildman–Crippen LogP) is -0.366. The number of alkyl halides is 2. The summed E-state index contributed by atoms with van der Waals surface area (Å²) in [7, 11) is 0. The quantitative estimate of drug-likeness (QED) is 0.660. The number of hydrogen-bond donors (Lipinski definition) is 2. The number of hydrogen-bond acceptors (Lipinski definition) is 3. The van der Waals surface area contributed by atoms with Crippen LogP contribution < -0.4 is 10.7 Å². The monoisotopic (exact) mass is 205 g/mol. The molecule has 0 unspecified atom stereocenters. The molecule has 5 nitrogen and oxygen atoms in total. The third-order valence-electron chi connectivity index (χ3n) is 1.58. The van der Waals surface area contributed by atoms with E-state index in [1.165, 1.54) is 0 Å². The van der Waals surface area contributed by atoms with Crippen molar-refractivity contribution < 1.29 is 18.4 Å². The smallest absolute Gasteiger partial charge is 0.267 e. The van der Waals surface area contributed by atoms with E-state index >= 15 is 0 Å². The molecule has 0 spiro atoms. The van der Waals surface area contributed by atoms with Crippen molar-refractivity contribution in [3.63, 3.8) is 0 Å². The molecule has 0 aromatic heterocycles. The largest absolute Gasteiger partial charge is 0.345 e. The van der Waals surface area contributed by atoms with Crippen molar-refractivity contribution in [1.82, 2.24) is 10.7 Å². The highest BCUT2D eigenvalue weighted by Crippen LogP contribution is 1.99. The van der Waals surface area contributed by atoms with Gasteiger partial charge in [0.1, 0.15) is 5.71 Å². The van der Waals surface area contributed by atoms with Gasteiger partial charge in [-0.1, -0.05) is 0 Å². The first kappa shape index (κ1) is 10.6. The maximum atomic E-state index is 11.7. The molecule has 1 aliphatic heterocycles. The van der Waals surface area contributed by atoms with Crippen LogP contribution in [-0.2, 0) is 9.59 Å². The van der Waals surface area contributed by atoms with Crippen LogP contribution in [0.3, 0.4) is 0 Å². The number of rotatable bonds is 3. The number of amides is 2. The van der Waals surface area contributed by atoms with Gasteiger partial charge in [-0.25, -0.2) is 14.2 Å². The summed E-state index contributed by atoms with van der Waals surface area (Å²) >= 11 is 0. The van der Waals surface area contributed by atoms with Crippen molar-refractivity contribution >= 4 is 17.5 Å². The molecule has 2 amide bonds. The average molecular weight is 205 g/mol. The van der Waals surface area contributed by atoms with Gasteiger partial charge in [0.2, 0.25) is 5.91 Å². The Labute approximate surface area is 78.5 Å². The molecule has 7 heteroatoms. The average Bonchev–Trinajstić information content (AvgIpc) is 2.15. The zero-order valence-corrected chi connectivity index (χ0v) is 7.22. The second-order valence-corrected chi connectivity index (χ2v) is 2.69. The van der Waals surface area contributed by atoms with Crippen LogP contribution in [0.4, 0.5) is 8.78 Å². The van der Waals surface area contributed by atoms with Crippen molar-refractivity contribution in [2.24, 2.45) is 5.10 Å². The second-order valence-electron chi connectivity index (χ2n) is 2.69. The van der Waals surface area contributed by atoms with Crippen LogP contribution in [0.15, 0.2) is 5.10 Å². The SMILES string of the molecule is O=C1CCC(C(=O)NCC(F)F)=NN1. The maximum Gasteiger partial charge on any atom is 0.267 e. The first-order valence-corrected chi connectivity index (χ1v) is 4.01. The minimum Gasteiger partial charge on any atom is -0.345 e. The van der Waals surface area contributed by atoms with Gasteiger partial charge in [-0.2, -0.15) is 5.10 Å². The number of hydrazone groups is 1. The summed E-state index contributed by atoms with van der Waals surface area (Å²) in [5, 5.41) is 5.44. The van der Waals surface area contributed by atoms with E-state index in [2.05, 4.69) is 10.5 Å². The highest BCUT2D eigenvalue weighted by atomic mass is 19.3. The van der Waals surface area contributed by atoms with Crippen LogP contribution in [0.2, 0.25) is 0 Å². The Balaban J connectivity index is 2.41. The van der Waals surface area contributed by atoms with E-state index in [0.717, 1.165) is 0 Å². The molecule has 0 aliphatic carbocycles. The van der Waals surface area contributed by atoms with E-state index < -0.39 is 18.9 Å². The third kappa shape index (κ3) is 3.08. The fourth-order valence-corrected chi connectivity index (χ4v) is 0.910. The van der Waals surface area contributed by atoms with Crippen molar-refractivity contribution in [3.05, 3.63) is 0 Å². The fraction of sp³-hybridized carbons (Fsp3) is 0.571. The molecule has 78 valence electrons. The minimum atomic E-state index is -2.59. The van der Waals surface area contributed by atoms with Gasteiger partial charge >= 0.3 is 0 Å². The molecule has 0 radical (unpaired) electrons. The molecular formula is C7H9F2N3O2. The molecule has 0 aromatic carbocycles. The van der Waals surface area contributed by atoms with E-state index in [0.29, 0.717) is 0 Å². The summed E-state index contributed by atoms with van der Waals surface area (Å²) in [6, 6.07) is 0. The topological polar surface area (TPSA) is 70.6 Å². The molecule has 1 rings (SSSR count). The van der Waals surface area contributed by atoms with Gasteiger partial charge in [0.25, 0.3) is 12.3 Å². The zero-order chi connectivity index (χ0) is 10.6. The lowest BCUT2D eigenvalue weighted by molar-refractivity contribution is -0.121.